The van der Waals surface area contributed by atoms with Crippen molar-refractivity contribution in [2.24, 2.45) is 11.3 Å². The molecule has 1 aromatic carbocycles. The second-order valence-electron chi connectivity index (χ2n) is 9.02. The lowest BCUT2D eigenvalue weighted by Crippen LogP contribution is -2.51. The molecule has 2 aliphatic carbocycles. The van der Waals surface area contributed by atoms with Gasteiger partial charge in [-0.1, -0.05) is 40.2 Å². The van der Waals surface area contributed by atoms with E-state index in [1.807, 2.05) is 6.07 Å². The molecule has 0 amide bonds. The van der Waals surface area contributed by atoms with E-state index in [9.17, 15) is 9.90 Å². The third-order valence-corrected chi connectivity index (χ3v) is 6.85. The van der Waals surface area contributed by atoms with E-state index in [1.54, 1.807) is 0 Å². The molecule has 0 saturated heterocycles. The van der Waals surface area contributed by atoms with Gasteiger partial charge in [-0.3, -0.25) is 4.79 Å². The van der Waals surface area contributed by atoms with Crippen LogP contribution in [-0.2, 0) is 21.4 Å². The Morgan fingerprint density at radius 1 is 1.32 bits per heavy atom. The molecule has 0 spiro atoms. The van der Waals surface area contributed by atoms with E-state index in [1.165, 1.54) is 18.1 Å². The predicted octanol–water partition coefficient (Wildman–Crippen LogP) is 5.09. The van der Waals surface area contributed by atoms with Crippen molar-refractivity contribution in [2.75, 3.05) is 6.61 Å². The number of aromatic hydroxyl groups is 1. The normalized spacial score (nSPS) is 31.4. The number of rotatable bonds is 3. The lowest BCUT2D eigenvalue weighted by molar-refractivity contribution is -0.148. The first kappa shape index (κ1) is 18.3. The van der Waals surface area contributed by atoms with Gasteiger partial charge in [0.25, 0.3) is 0 Å². The quantitative estimate of drug-likeness (QED) is 0.777. The maximum atomic E-state index is 11.4. The SMILES string of the molecule is CC(=O)OC[C@@]1(C)CCC[C@]2(C)c3cc(O)c(C(C)C)cc3CC[C@@H]12. The molecular weight excluding hydrogens is 312 g/mol. The van der Waals surface area contributed by atoms with Crippen molar-refractivity contribution in [3.8, 4) is 5.75 Å². The van der Waals surface area contributed by atoms with Crippen LogP contribution in [-0.4, -0.2) is 17.7 Å². The highest BCUT2D eigenvalue weighted by Crippen LogP contribution is 2.58. The molecule has 1 fully saturated rings. The number of hydrogen-bond acceptors (Lipinski definition) is 3. The van der Waals surface area contributed by atoms with Gasteiger partial charge in [-0.05, 0) is 65.7 Å². The molecule has 3 rings (SSSR count). The molecule has 3 atom stereocenters. The molecule has 0 heterocycles. The Hall–Kier alpha value is -1.51. The molecule has 0 aromatic heterocycles. The van der Waals surface area contributed by atoms with Crippen molar-refractivity contribution in [1.82, 2.24) is 0 Å². The van der Waals surface area contributed by atoms with Crippen LogP contribution in [0.1, 0.15) is 82.9 Å². The third kappa shape index (κ3) is 3.07. The molecule has 138 valence electrons. The van der Waals surface area contributed by atoms with Crippen LogP contribution in [0.2, 0.25) is 0 Å². The summed E-state index contributed by atoms with van der Waals surface area (Å²) in [5, 5.41) is 10.6. The van der Waals surface area contributed by atoms with E-state index in [2.05, 4.69) is 33.8 Å². The topological polar surface area (TPSA) is 46.5 Å². The minimum atomic E-state index is -0.191. The molecule has 0 bridgehead atoms. The van der Waals surface area contributed by atoms with Crippen LogP contribution < -0.4 is 0 Å². The average Bonchev–Trinajstić information content (AvgIpc) is 2.53. The van der Waals surface area contributed by atoms with Gasteiger partial charge in [-0.15, -0.1) is 0 Å². The highest BCUT2D eigenvalue weighted by molar-refractivity contribution is 5.65. The molecule has 2 aliphatic rings. The number of carbonyl (C=O) groups is 1. The lowest BCUT2D eigenvalue weighted by Gasteiger charge is -2.55. The first-order valence-corrected chi connectivity index (χ1v) is 9.67. The van der Waals surface area contributed by atoms with Crippen molar-refractivity contribution in [1.29, 1.82) is 0 Å². The Balaban J connectivity index is 2.01. The van der Waals surface area contributed by atoms with Crippen molar-refractivity contribution in [3.05, 3.63) is 28.8 Å². The second kappa shape index (κ2) is 6.34. The van der Waals surface area contributed by atoms with Gasteiger partial charge in [0.1, 0.15) is 5.75 Å². The average molecular weight is 344 g/mol. The minimum Gasteiger partial charge on any atom is -0.508 e. The minimum absolute atomic E-state index is 0.0166. The van der Waals surface area contributed by atoms with E-state index in [4.69, 9.17) is 4.74 Å². The summed E-state index contributed by atoms with van der Waals surface area (Å²) >= 11 is 0. The highest BCUT2D eigenvalue weighted by atomic mass is 16.5. The first-order chi connectivity index (χ1) is 11.7. The van der Waals surface area contributed by atoms with Gasteiger partial charge in [-0.2, -0.15) is 0 Å². The number of carbonyl (C=O) groups excluding carboxylic acids is 1. The van der Waals surface area contributed by atoms with Crippen molar-refractivity contribution < 1.29 is 14.6 Å². The van der Waals surface area contributed by atoms with E-state index >= 15 is 0 Å². The van der Waals surface area contributed by atoms with E-state index in [-0.39, 0.29) is 16.8 Å². The molecular formula is C22H32O3. The zero-order valence-corrected chi connectivity index (χ0v) is 16.3. The fraction of sp³-hybridized carbons (Fsp3) is 0.682. The fourth-order valence-electron chi connectivity index (χ4n) is 5.56. The van der Waals surface area contributed by atoms with Crippen molar-refractivity contribution in [3.63, 3.8) is 0 Å². The van der Waals surface area contributed by atoms with Crippen LogP contribution in [0, 0.1) is 11.3 Å². The van der Waals surface area contributed by atoms with Crippen LogP contribution in [0.5, 0.6) is 5.75 Å². The largest absolute Gasteiger partial charge is 0.508 e. The molecule has 3 nitrogen and oxygen atoms in total. The first-order valence-electron chi connectivity index (χ1n) is 9.67. The molecule has 25 heavy (non-hydrogen) atoms. The van der Waals surface area contributed by atoms with Gasteiger partial charge in [0, 0.05) is 12.3 Å². The maximum Gasteiger partial charge on any atom is 0.302 e. The molecule has 0 aliphatic heterocycles. The molecule has 1 saturated carbocycles. The highest BCUT2D eigenvalue weighted by Gasteiger charge is 2.52. The number of phenols is 1. The Labute approximate surface area is 151 Å². The van der Waals surface area contributed by atoms with Crippen LogP contribution >= 0.6 is 0 Å². The Morgan fingerprint density at radius 3 is 2.68 bits per heavy atom. The summed E-state index contributed by atoms with van der Waals surface area (Å²) in [4.78, 5) is 11.4. The van der Waals surface area contributed by atoms with Crippen LogP contribution in [0.15, 0.2) is 12.1 Å². The molecule has 3 heteroatoms. The van der Waals surface area contributed by atoms with Gasteiger partial charge in [0.15, 0.2) is 0 Å². The number of phenolic OH excluding ortho intramolecular Hbond substituents is 1. The van der Waals surface area contributed by atoms with Crippen LogP contribution in [0.25, 0.3) is 0 Å². The van der Waals surface area contributed by atoms with Gasteiger partial charge in [0.05, 0.1) is 6.61 Å². The van der Waals surface area contributed by atoms with Gasteiger partial charge in [0.2, 0.25) is 0 Å². The van der Waals surface area contributed by atoms with E-state index in [0.717, 1.165) is 37.7 Å². The zero-order valence-electron chi connectivity index (χ0n) is 16.3. The summed E-state index contributed by atoms with van der Waals surface area (Å²) in [5.74, 6) is 1.05. The zero-order chi connectivity index (χ0) is 18.4. The Morgan fingerprint density at radius 2 is 2.04 bits per heavy atom. The summed E-state index contributed by atoms with van der Waals surface area (Å²) in [6.45, 7) is 10.9. The van der Waals surface area contributed by atoms with Crippen molar-refractivity contribution in [2.45, 2.75) is 78.1 Å². The number of esters is 1. The summed E-state index contributed by atoms with van der Waals surface area (Å²) < 4.78 is 5.45. The van der Waals surface area contributed by atoms with Gasteiger partial charge < -0.3 is 9.84 Å². The number of aryl methyl sites for hydroxylation is 1. The van der Waals surface area contributed by atoms with E-state index < -0.39 is 0 Å². The summed E-state index contributed by atoms with van der Waals surface area (Å²) in [6.07, 6.45) is 5.55. The monoisotopic (exact) mass is 344 g/mol. The summed E-state index contributed by atoms with van der Waals surface area (Å²) in [6, 6.07) is 4.27. The molecule has 1 N–H and O–H groups in total. The van der Waals surface area contributed by atoms with E-state index in [0.29, 0.717) is 24.2 Å². The lowest BCUT2D eigenvalue weighted by atomic mass is 9.50. The number of hydrogen-bond donors (Lipinski definition) is 1. The summed E-state index contributed by atoms with van der Waals surface area (Å²) in [5.41, 5.74) is 3.84. The summed E-state index contributed by atoms with van der Waals surface area (Å²) in [7, 11) is 0. The van der Waals surface area contributed by atoms with Gasteiger partial charge in [-0.25, -0.2) is 0 Å². The van der Waals surface area contributed by atoms with Crippen LogP contribution in [0.4, 0.5) is 0 Å². The standard InChI is InChI=1S/C22H32O3/c1-14(2)17-11-16-7-8-20-21(4,13-25-15(3)23)9-6-10-22(20,5)18(16)12-19(17)24/h11-12,14,20,24H,6-10,13H2,1-5H3/t20-,21+,22+/m0/s1. The number of benzene rings is 1. The predicted molar refractivity (Wildman–Crippen MR) is 99.9 cm³/mol. The van der Waals surface area contributed by atoms with Crippen LogP contribution in [0.3, 0.4) is 0 Å². The maximum absolute atomic E-state index is 11.4. The van der Waals surface area contributed by atoms with Crippen molar-refractivity contribution >= 4 is 5.97 Å². The number of fused-ring (bicyclic) bond motifs is 3. The second-order valence-corrected chi connectivity index (χ2v) is 9.02. The Bertz CT molecular complexity index is 678. The Kier molecular flexibility index (Phi) is 4.63. The molecule has 1 aromatic rings. The number of ether oxygens (including phenoxy) is 1. The fourth-order valence-corrected chi connectivity index (χ4v) is 5.56. The third-order valence-electron chi connectivity index (χ3n) is 6.85. The van der Waals surface area contributed by atoms with Gasteiger partial charge >= 0.3 is 5.97 Å². The molecule has 0 radical (unpaired) electrons. The smallest absolute Gasteiger partial charge is 0.302 e. The molecule has 0 unspecified atom stereocenters.